The zero-order valence-electron chi connectivity index (χ0n) is 12.2. The van der Waals surface area contributed by atoms with Gasteiger partial charge >= 0.3 is 5.97 Å². The van der Waals surface area contributed by atoms with Crippen LogP contribution in [0.2, 0.25) is 0 Å². The SMILES string of the molecule is CC(C)(C)OC(=O)CNCCCCc1ccccc1. The molecule has 0 saturated heterocycles. The van der Waals surface area contributed by atoms with Crippen molar-refractivity contribution >= 4 is 5.97 Å². The predicted octanol–water partition coefficient (Wildman–Crippen LogP) is 2.94. The van der Waals surface area contributed by atoms with Gasteiger partial charge in [-0.25, -0.2) is 0 Å². The maximum atomic E-state index is 11.4. The fraction of sp³-hybridized carbons (Fsp3) is 0.562. The van der Waals surface area contributed by atoms with Crippen LogP contribution in [0.4, 0.5) is 0 Å². The molecule has 0 spiro atoms. The van der Waals surface area contributed by atoms with Crippen molar-refractivity contribution in [3.05, 3.63) is 35.9 Å². The number of benzene rings is 1. The molecule has 0 unspecified atom stereocenters. The molecule has 1 N–H and O–H groups in total. The van der Waals surface area contributed by atoms with E-state index >= 15 is 0 Å². The highest BCUT2D eigenvalue weighted by Crippen LogP contribution is 2.06. The highest BCUT2D eigenvalue weighted by molar-refractivity contribution is 5.72. The van der Waals surface area contributed by atoms with Crippen LogP contribution in [0.1, 0.15) is 39.2 Å². The lowest BCUT2D eigenvalue weighted by Crippen LogP contribution is -2.31. The Morgan fingerprint density at radius 2 is 1.84 bits per heavy atom. The molecule has 0 aromatic heterocycles. The molecule has 3 nitrogen and oxygen atoms in total. The molecule has 0 amide bonds. The summed E-state index contributed by atoms with van der Waals surface area (Å²) in [6.45, 7) is 6.79. The van der Waals surface area contributed by atoms with E-state index in [1.54, 1.807) is 0 Å². The first-order chi connectivity index (χ1) is 8.97. The summed E-state index contributed by atoms with van der Waals surface area (Å²) in [5.74, 6) is -0.185. The molecule has 1 aromatic rings. The zero-order chi connectivity index (χ0) is 14.1. The number of nitrogens with one attached hydrogen (secondary N) is 1. The van der Waals surface area contributed by atoms with Gasteiger partial charge in [0.25, 0.3) is 0 Å². The van der Waals surface area contributed by atoms with Crippen LogP contribution in [0.3, 0.4) is 0 Å². The van der Waals surface area contributed by atoms with Crippen LogP contribution in [0.5, 0.6) is 0 Å². The molecule has 1 aromatic carbocycles. The fourth-order valence-corrected chi connectivity index (χ4v) is 1.79. The smallest absolute Gasteiger partial charge is 0.320 e. The summed E-state index contributed by atoms with van der Waals surface area (Å²) < 4.78 is 5.21. The van der Waals surface area contributed by atoms with Crippen molar-refractivity contribution in [1.82, 2.24) is 5.32 Å². The lowest BCUT2D eigenvalue weighted by molar-refractivity contribution is -0.153. The van der Waals surface area contributed by atoms with Crippen LogP contribution >= 0.6 is 0 Å². The summed E-state index contributed by atoms with van der Waals surface area (Å²) in [5, 5.41) is 3.12. The van der Waals surface area contributed by atoms with Crippen molar-refractivity contribution in [3.8, 4) is 0 Å². The van der Waals surface area contributed by atoms with E-state index in [1.807, 2.05) is 26.8 Å². The van der Waals surface area contributed by atoms with E-state index in [1.165, 1.54) is 5.56 Å². The third-order valence-electron chi connectivity index (χ3n) is 2.60. The van der Waals surface area contributed by atoms with Gasteiger partial charge in [-0.15, -0.1) is 0 Å². The minimum Gasteiger partial charge on any atom is -0.459 e. The number of esters is 1. The van der Waals surface area contributed by atoms with E-state index in [2.05, 4.69) is 29.6 Å². The number of hydrogen-bond acceptors (Lipinski definition) is 3. The molecule has 0 bridgehead atoms. The van der Waals surface area contributed by atoms with Gasteiger partial charge in [-0.05, 0) is 52.1 Å². The molecule has 0 aliphatic carbocycles. The Morgan fingerprint density at radius 1 is 1.16 bits per heavy atom. The summed E-state index contributed by atoms with van der Waals surface area (Å²) in [4.78, 5) is 11.4. The highest BCUT2D eigenvalue weighted by Gasteiger charge is 2.15. The van der Waals surface area contributed by atoms with Gasteiger partial charge in [0, 0.05) is 0 Å². The Balaban J connectivity index is 2.01. The van der Waals surface area contributed by atoms with Crippen molar-refractivity contribution in [1.29, 1.82) is 0 Å². The second-order valence-corrected chi connectivity index (χ2v) is 5.71. The Morgan fingerprint density at radius 3 is 2.47 bits per heavy atom. The van der Waals surface area contributed by atoms with Crippen LogP contribution in [-0.2, 0) is 16.0 Å². The first-order valence-electron chi connectivity index (χ1n) is 6.94. The Kier molecular flexibility index (Phi) is 6.57. The second-order valence-electron chi connectivity index (χ2n) is 5.71. The molecule has 0 radical (unpaired) electrons. The van der Waals surface area contributed by atoms with Gasteiger partial charge in [0.2, 0.25) is 0 Å². The quantitative estimate of drug-likeness (QED) is 0.607. The van der Waals surface area contributed by atoms with Crippen molar-refractivity contribution in [2.75, 3.05) is 13.1 Å². The summed E-state index contributed by atoms with van der Waals surface area (Å²) in [6.07, 6.45) is 3.29. The summed E-state index contributed by atoms with van der Waals surface area (Å²) in [6, 6.07) is 10.5. The molecule has 0 fully saturated rings. The number of hydrogen-bond donors (Lipinski definition) is 1. The average Bonchev–Trinajstić information content (AvgIpc) is 2.32. The van der Waals surface area contributed by atoms with E-state index in [0.29, 0.717) is 6.54 Å². The topological polar surface area (TPSA) is 38.3 Å². The maximum absolute atomic E-state index is 11.4. The average molecular weight is 263 g/mol. The van der Waals surface area contributed by atoms with Crippen molar-refractivity contribution < 1.29 is 9.53 Å². The Bertz CT molecular complexity index is 368. The van der Waals surface area contributed by atoms with Crippen molar-refractivity contribution in [2.24, 2.45) is 0 Å². The summed E-state index contributed by atoms with van der Waals surface area (Å²) in [5.41, 5.74) is 0.973. The van der Waals surface area contributed by atoms with Crippen LogP contribution in [0.25, 0.3) is 0 Å². The number of rotatable bonds is 7. The monoisotopic (exact) mass is 263 g/mol. The number of ether oxygens (including phenoxy) is 1. The molecule has 106 valence electrons. The maximum Gasteiger partial charge on any atom is 0.320 e. The first-order valence-corrected chi connectivity index (χ1v) is 6.94. The lowest BCUT2D eigenvalue weighted by atomic mass is 10.1. The molecular weight excluding hydrogens is 238 g/mol. The highest BCUT2D eigenvalue weighted by atomic mass is 16.6. The molecule has 0 heterocycles. The van der Waals surface area contributed by atoms with Crippen LogP contribution in [-0.4, -0.2) is 24.7 Å². The normalized spacial score (nSPS) is 11.3. The molecule has 19 heavy (non-hydrogen) atoms. The summed E-state index contributed by atoms with van der Waals surface area (Å²) in [7, 11) is 0. The Hall–Kier alpha value is -1.35. The Labute approximate surface area is 116 Å². The van der Waals surface area contributed by atoms with Crippen LogP contribution in [0, 0.1) is 0 Å². The molecule has 3 heteroatoms. The fourth-order valence-electron chi connectivity index (χ4n) is 1.79. The predicted molar refractivity (Wildman–Crippen MR) is 78.1 cm³/mol. The standard InChI is InChI=1S/C16H25NO2/c1-16(2,3)19-15(18)13-17-12-8-7-11-14-9-5-4-6-10-14/h4-6,9-10,17H,7-8,11-13H2,1-3H3. The minimum atomic E-state index is -0.397. The molecule has 0 aliphatic rings. The molecule has 0 aliphatic heterocycles. The van der Waals surface area contributed by atoms with Gasteiger partial charge in [0.05, 0.1) is 6.54 Å². The number of unbranched alkanes of at least 4 members (excludes halogenated alkanes) is 1. The van der Waals surface area contributed by atoms with Gasteiger partial charge in [0.1, 0.15) is 5.60 Å². The number of carbonyl (C=O) groups is 1. The van der Waals surface area contributed by atoms with E-state index in [0.717, 1.165) is 25.8 Å². The van der Waals surface area contributed by atoms with E-state index < -0.39 is 5.60 Å². The van der Waals surface area contributed by atoms with Gasteiger partial charge in [-0.1, -0.05) is 30.3 Å². The third-order valence-corrected chi connectivity index (χ3v) is 2.60. The third kappa shape index (κ3) is 8.38. The van der Waals surface area contributed by atoms with Gasteiger partial charge < -0.3 is 10.1 Å². The van der Waals surface area contributed by atoms with Gasteiger partial charge in [0.15, 0.2) is 0 Å². The second kappa shape index (κ2) is 7.95. The van der Waals surface area contributed by atoms with E-state index in [9.17, 15) is 4.79 Å². The molecule has 0 saturated carbocycles. The van der Waals surface area contributed by atoms with Crippen molar-refractivity contribution in [3.63, 3.8) is 0 Å². The van der Waals surface area contributed by atoms with Crippen molar-refractivity contribution in [2.45, 2.75) is 45.6 Å². The van der Waals surface area contributed by atoms with E-state index in [4.69, 9.17) is 4.74 Å². The zero-order valence-corrected chi connectivity index (χ0v) is 12.2. The summed E-state index contributed by atoms with van der Waals surface area (Å²) >= 11 is 0. The molecular formula is C16H25NO2. The number of carbonyl (C=O) groups excluding carboxylic acids is 1. The van der Waals surface area contributed by atoms with Gasteiger partial charge in [-0.2, -0.15) is 0 Å². The first kappa shape index (κ1) is 15.7. The molecule has 1 rings (SSSR count). The minimum absolute atomic E-state index is 0.185. The lowest BCUT2D eigenvalue weighted by Gasteiger charge is -2.19. The van der Waals surface area contributed by atoms with Crippen LogP contribution < -0.4 is 5.32 Å². The van der Waals surface area contributed by atoms with Gasteiger partial charge in [-0.3, -0.25) is 4.79 Å². The van der Waals surface area contributed by atoms with E-state index in [-0.39, 0.29) is 5.97 Å². The molecule has 0 atom stereocenters. The number of aryl methyl sites for hydroxylation is 1. The van der Waals surface area contributed by atoms with Crippen LogP contribution in [0.15, 0.2) is 30.3 Å². The largest absolute Gasteiger partial charge is 0.459 e.